The Morgan fingerprint density at radius 2 is 1.91 bits per heavy atom. The van der Waals surface area contributed by atoms with Gasteiger partial charge in [0, 0.05) is 17.1 Å². The van der Waals surface area contributed by atoms with Crippen LogP contribution < -0.4 is 5.32 Å². The van der Waals surface area contributed by atoms with E-state index in [0.717, 1.165) is 5.75 Å². The predicted octanol–water partition coefficient (Wildman–Crippen LogP) is 4.53. The second kappa shape index (κ2) is 7.69. The van der Waals surface area contributed by atoms with Crippen LogP contribution in [0, 0.1) is 0 Å². The van der Waals surface area contributed by atoms with Gasteiger partial charge in [-0.3, -0.25) is 4.79 Å². The van der Waals surface area contributed by atoms with Gasteiger partial charge < -0.3 is 5.32 Å². The van der Waals surface area contributed by atoms with Gasteiger partial charge in [0.05, 0.1) is 6.04 Å². The molecule has 0 fully saturated rings. The third-order valence-electron chi connectivity index (χ3n) is 4.34. The van der Waals surface area contributed by atoms with E-state index < -0.39 is 0 Å². The molecule has 0 saturated heterocycles. The first-order valence-corrected chi connectivity index (χ1v) is 9.30. The molecule has 1 aliphatic carbocycles. The Hall–Kier alpha value is -1.74. The van der Waals surface area contributed by atoms with Gasteiger partial charge in [-0.05, 0) is 55.0 Å². The second-order valence-corrected chi connectivity index (χ2v) is 7.25. The number of benzene rings is 2. The van der Waals surface area contributed by atoms with Crippen molar-refractivity contribution >= 4 is 17.7 Å². The van der Waals surface area contributed by atoms with Gasteiger partial charge in [-0.25, -0.2) is 0 Å². The zero-order chi connectivity index (χ0) is 16.1. The lowest BCUT2D eigenvalue weighted by atomic mass is 10.0. The number of carbonyl (C=O) groups is 1. The first-order chi connectivity index (χ1) is 11.2. The SMILES string of the molecule is CC(NC(=O)CCSc1ccccc1)c1ccc2c(c1)CCC2. The van der Waals surface area contributed by atoms with Crippen LogP contribution in [-0.2, 0) is 17.6 Å². The van der Waals surface area contributed by atoms with E-state index in [9.17, 15) is 4.79 Å². The molecule has 1 unspecified atom stereocenters. The van der Waals surface area contributed by atoms with Crippen molar-refractivity contribution < 1.29 is 4.79 Å². The van der Waals surface area contributed by atoms with Crippen LogP contribution in [0.1, 0.15) is 42.5 Å². The van der Waals surface area contributed by atoms with E-state index in [0.29, 0.717) is 6.42 Å². The molecule has 1 amide bonds. The number of nitrogens with one attached hydrogen (secondary N) is 1. The molecule has 0 aromatic heterocycles. The lowest BCUT2D eigenvalue weighted by molar-refractivity contribution is -0.121. The lowest BCUT2D eigenvalue weighted by Gasteiger charge is -2.15. The van der Waals surface area contributed by atoms with Gasteiger partial charge >= 0.3 is 0 Å². The summed E-state index contributed by atoms with van der Waals surface area (Å²) in [5.41, 5.74) is 4.16. The third kappa shape index (κ3) is 4.38. The molecule has 120 valence electrons. The molecule has 3 rings (SSSR count). The highest BCUT2D eigenvalue weighted by atomic mass is 32.2. The quantitative estimate of drug-likeness (QED) is 0.790. The fourth-order valence-corrected chi connectivity index (χ4v) is 3.91. The second-order valence-electron chi connectivity index (χ2n) is 6.08. The molecule has 0 spiro atoms. The minimum atomic E-state index is 0.0788. The molecule has 3 heteroatoms. The van der Waals surface area contributed by atoms with Crippen LogP contribution in [0.3, 0.4) is 0 Å². The monoisotopic (exact) mass is 325 g/mol. The average molecular weight is 325 g/mol. The van der Waals surface area contributed by atoms with Gasteiger partial charge in [0.2, 0.25) is 5.91 Å². The van der Waals surface area contributed by atoms with E-state index in [2.05, 4.69) is 42.6 Å². The number of fused-ring (bicyclic) bond motifs is 1. The van der Waals surface area contributed by atoms with Crippen molar-refractivity contribution in [1.82, 2.24) is 5.32 Å². The molecular formula is C20H23NOS. The van der Waals surface area contributed by atoms with Gasteiger partial charge in [0.15, 0.2) is 0 Å². The molecule has 1 atom stereocenters. The topological polar surface area (TPSA) is 29.1 Å². The number of rotatable bonds is 6. The number of carbonyl (C=O) groups excluding carboxylic acids is 1. The smallest absolute Gasteiger partial charge is 0.221 e. The normalized spacial score (nSPS) is 14.3. The van der Waals surface area contributed by atoms with Crippen LogP contribution in [-0.4, -0.2) is 11.7 Å². The van der Waals surface area contributed by atoms with Gasteiger partial charge in [-0.15, -0.1) is 11.8 Å². The van der Waals surface area contributed by atoms with Gasteiger partial charge in [0.25, 0.3) is 0 Å². The Balaban J connectivity index is 1.47. The molecule has 1 N–H and O–H groups in total. The molecule has 0 saturated carbocycles. The van der Waals surface area contributed by atoms with Crippen molar-refractivity contribution in [3.63, 3.8) is 0 Å². The molecule has 2 nitrogen and oxygen atoms in total. The fraction of sp³-hybridized carbons (Fsp3) is 0.350. The number of thioether (sulfide) groups is 1. The maximum Gasteiger partial charge on any atom is 0.221 e. The van der Waals surface area contributed by atoms with Crippen molar-refractivity contribution in [1.29, 1.82) is 0 Å². The van der Waals surface area contributed by atoms with E-state index in [1.54, 1.807) is 11.8 Å². The highest BCUT2D eigenvalue weighted by Gasteiger charge is 2.14. The lowest BCUT2D eigenvalue weighted by Crippen LogP contribution is -2.26. The molecule has 2 aromatic carbocycles. The minimum absolute atomic E-state index is 0.0788. The summed E-state index contributed by atoms with van der Waals surface area (Å²) < 4.78 is 0. The average Bonchev–Trinajstić information content (AvgIpc) is 3.03. The standard InChI is InChI=1S/C20H23NOS/c1-15(17-11-10-16-6-5-7-18(16)14-17)21-20(22)12-13-23-19-8-3-2-4-9-19/h2-4,8-11,14-15H,5-7,12-13H2,1H3,(H,21,22). The van der Waals surface area contributed by atoms with Crippen molar-refractivity contribution in [2.24, 2.45) is 0 Å². The summed E-state index contributed by atoms with van der Waals surface area (Å²) in [4.78, 5) is 13.3. The van der Waals surface area contributed by atoms with Crippen LogP contribution >= 0.6 is 11.8 Å². The van der Waals surface area contributed by atoms with Crippen molar-refractivity contribution in [3.8, 4) is 0 Å². The van der Waals surface area contributed by atoms with Crippen LogP contribution in [0.5, 0.6) is 0 Å². The van der Waals surface area contributed by atoms with Crippen LogP contribution in [0.25, 0.3) is 0 Å². The maximum atomic E-state index is 12.1. The Morgan fingerprint density at radius 3 is 2.74 bits per heavy atom. The van der Waals surface area contributed by atoms with Crippen molar-refractivity contribution in [2.45, 2.75) is 43.5 Å². The van der Waals surface area contributed by atoms with Crippen LogP contribution in [0.15, 0.2) is 53.4 Å². The van der Waals surface area contributed by atoms with Gasteiger partial charge in [-0.1, -0.05) is 36.4 Å². The van der Waals surface area contributed by atoms with E-state index >= 15 is 0 Å². The third-order valence-corrected chi connectivity index (χ3v) is 5.35. The molecule has 0 aliphatic heterocycles. The molecule has 2 aromatic rings. The first kappa shape index (κ1) is 16.1. The summed E-state index contributed by atoms with van der Waals surface area (Å²) in [6, 6.07) is 17.0. The zero-order valence-corrected chi connectivity index (χ0v) is 14.4. The van der Waals surface area contributed by atoms with Crippen LogP contribution in [0.4, 0.5) is 0 Å². The Morgan fingerprint density at radius 1 is 1.13 bits per heavy atom. The summed E-state index contributed by atoms with van der Waals surface area (Å²) in [7, 11) is 0. The summed E-state index contributed by atoms with van der Waals surface area (Å²) >= 11 is 1.73. The number of hydrogen-bond acceptors (Lipinski definition) is 2. The van der Waals surface area contributed by atoms with Gasteiger partial charge in [-0.2, -0.15) is 0 Å². The van der Waals surface area contributed by atoms with E-state index in [1.165, 1.54) is 40.8 Å². The van der Waals surface area contributed by atoms with Gasteiger partial charge in [0.1, 0.15) is 0 Å². The van der Waals surface area contributed by atoms with E-state index in [-0.39, 0.29) is 11.9 Å². The fourth-order valence-electron chi connectivity index (χ4n) is 3.04. The van der Waals surface area contributed by atoms with E-state index in [1.807, 2.05) is 18.2 Å². The maximum absolute atomic E-state index is 12.1. The summed E-state index contributed by atoms with van der Waals surface area (Å²) in [6.45, 7) is 2.07. The van der Waals surface area contributed by atoms with Crippen molar-refractivity contribution in [2.75, 3.05) is 5.75 Å². The number of hydrogen-bond donors (Lipinski definition) is 1. The molecule has 0 radical (unpaired) electrons. The molecule has 0 bridgehead atoms. The number of aryl methyl sites for hydroxylation is 2. The summed E-state index contributed by atoms with van der Waals surface area (Å²) in [5.74, 6) is 0.939. The minimum Gasteiger partial charge on any atom is -0.350 e. The summed E-state index contributed by atoms with van der Waals surface area (Å²) in [5, 5.41) is 3.12. The molecule has 23 heavy (non-hydrogen) atoms. The van der Waals surface area contributed by atoms with E-state index in [4.69, 9.17) is 0 Å². The zero-order valence-electron chi connectivity index (χ0n) is 13.5. The van der Waals surface area contributed by atoms with Crippen molar-refractivity contribution in [3.05, 3.63) is 65.2 Å². The molecular weight excluding hydrogens is 302 g/mol. The first-order valence-electron chi connectivity index (χ1n) is 8.31. The Labute approximate surface area is 142 Å². The Kier molecular flexibility index (Phi) is 5.39. The Bertz CT molecular complexity index is 669. The summed E-state index contributed by atoms with van der Waals surface area (Å²) in [6.07, 6.45) is 4.19. The largest absolute Gasteiger partial charge is 0.350 e. The highest BCUT2D eigenvalue weighted by Crippen LogP contribution is 2.25. The highest BCUT2D eigenvalue weighted by molar-refractivity contribution is 7.99. The molecule has 1 aliphatic rings. The number of amides is 1. The predicted molar refractivity (Wildman–Crippen MR) is 96.8 cm³/mol. The van der Waals surface area contributed by atoms with Crippen LogP contribution in [0.2, 0.25) is 0 Å². The molecule has 0 heterocycles.